The molecular formula is C24H26N2O. The molecule has 1 aromatic heterocycles. The first-order chi connectivity index (χ1) is 12.8. The van der Waals surface area contributed by atoms with Gasteiger partial charge in [0.05, 0.1) is 12.2 Å². The van der Waals surface area contributed by atoms with Crippen molar-refractivity contribution < 1.29 is 4.79 Å². The fourth-order valence-corrected chi connectivity index (χ4v) is 4.14. The molecule has 2 aromatic carbocycles. The van der Waals surface area contributed by atoms with E-state index in [1.165, 1.54) is 44.5 Å². The van der Waals surface area contributed by atoms with Crippen LogP contribution in [0.3, 0.4) is 0 Å². The van der Waals surface area contributed by atoms with Crippen LogP contribution in [0.2, 0.25) is 0 Å². The van der Waals surface area contributed by atoms with E-state index < -0.39 is 0 Å². The summed E-state index contributed by atoms with van der Waals surface area (Å²) in [5.41, 5.74) is 13.1. The second-order valence-corrected chi connectivity index (χ2v) is 7.95. The maximum absolute atomic E-state index is 12.2. The molecule has 27 heavy (non-hydrogen) atoms. The quantitative estimate of drug-likeness (QED) is 0.469. The number of aromatic nitrogens is 2. The number of ketones is 1. The van der Waals surface area contributed by atoms with Crippen molar-refractivity contribution in [2.24, 2.45) is 0 Å². The van der Waals surface area contributed by atoms with E-state index in [-0.39, 0.29) is 5.78 Å². The number of benzene rings is 2. The first-order valence-corrected chi connectivity index (χ1v) is 9.54. The van der Waals surface area contributed by atoms with E-state index in [1.54, 1.807) is 6.92 Å². The van der Waals surface area contributed by atoms with E-state index >= 15 is 0 Å². The van der Waals surface area contributed by atoms with Gasteiger partial charge >= 0.3 is 0 Å². The van der Waals surface area contributed by atoms with Crippen molar-refractivity contribution in [2.45, 2.75) is 54.5 Å². The molecule has 0 atom stereocenters. The molecule has 0 spiro atoms. The Kier molecular flexibility index (Phi) is 4.06. The van der Waals surface area contributed by atoms with Gasteiger partial charge in [0.15, 0.2) is 5.78 Å². The minimum Gasteiger partial charge on any atom is -0.293 e. The summed E-state index contributed by atoms with van der Waals surface area (Å²) in [5.74, 6) is 0.0445. The summed E-state index contributed by atoms with van der Waals surface area (Å²) < 4.78 is 2.05. The van der Waals surface area contributed by atoms with Gasteiger partial charge in [0.2, 0.25) is 0 Å². The van der Waals surface area contributed by atoms with Gasteiger partial charge < -0.3 is 0 Å². The number of nitrogens with zero attached hydrogens (tertiary/aromatic N) is 2. The monoisotopic (exact) mass is 358 g/mol. The van der Waals surface area contributed by atoms with Crippen LogP contribution in [0.4, 0.5) is 0 Å². The maximum Gasteiger partial charge on any atom is 0.180 e. The van der Waals surface area contributed by atoms with Gasteiger partial charge in [-0.3, -0.25) is 9.48 Å². The van der Waals surface area contributed by atoms with Crippen molar-refractivity contribution in [1.29, 1.82) is 0 Å². The van der Waals surface area contributed by atoms with Crippen molar-refractivity contribution in [3.05, 3.63) is 74.5 Å². The van der Waals surface area contributed by atoms with E-state index in [1.807, 2.05) is 4.68 Å². The van der Waals surface area contributed by atoms with Crippen molar-refractivity contribution in [2.75, 3.05) is 0 Å². The Labute approximate surface area is 161 Å². The number of Topliss-reactive ketones (excluding diaryl/α,β-unsaturated/α-hetero) is 1. The molecule has 0 amide bonds. The lowest BCUT2D eigenvalue weighted by Crippen LogP contribution is -2.08. The van der Waals surface area contributed by atoms with Gasteiger partial charge in [-0.15, -0.1) is 0 Å². The Morgan fingerprint density at radius 2 is 1.70 bits per heavy atom. The molecule has 3 nitrogen and oxygen atoms in total. The van der Waals surface area contributed by atoms with Crippen LogP contribution in [0.25, 0.3) is 11.3 Å². The van der Waals surface area contributed by atoms with Crippen LogP contribution >= 0.6 is 0 Å². The number of aryl methyl sites for hydroxylation is 3. The molecule has 138 valence electrons. The molecule has 3 heteroatoms. The summed E-state index contributed by atoms with van der Waals surface area (Å²) in [6.07, 6.45) is 0.798. The van der Waals surface area contributed by atoms with Crippen LogP contribution < -0.4 is 0 Å². The number of hydrogen-bond acceptors (Lipinski definition) is 2. The second-order valence-electron chi connectivity index (χ2n) is 7.95. The zero-order chi connectivity index (χ0) is 19.5. The van der Waals surface area contributed by atoms with Crippen molar-refractivity contribution in [1.82, 2.24) is 9.78 Å². The summed E-state index contributed by atoms with van der Waals surface area (Å²) in [7, 11) is 0. The van der Waals surface area contributed by atoms with E-state index in [9.17, 15) is 4.79 Å². The lowest BCUT2D eigenvalue weighted by molar-refractivity contribution is 0.101. The molecule has 0 saturated carbocycles. The number of hydrogen-bond donors (Lipinski definition) is 0. The van der Waals surface area contributed by atoms with Gasteiger partial charge in [-0.1, -0.05) is 18.2 Å². The fourth-order valence-electron chi connectivity index (χ4n) is 4.14. The zero-order valence-corrected chi connectivity index (χ0v) is 17.0. The van der Waals surface area contributed by atoms with Crippen molar-refractivity contribution >= 4 is 5.78 Å². The molecule has 1 aliphatic rings. The highest BCUT2D eigenvalue weighted by Crippen LogP contribution is 2.40. The summed E-state index contributed by atoms with van der Waals surface area (Å²) in [6.45, 7) is 13.1. The summed E-state index contributed by atoms with van der Waals surface area (Å²) in [4.78, 5) is 12.2. The fraction of sp³-hybridized carbons (Fsp3) is 0.333. The lowest BCUT2D eigenvalue weighted by Gasteiger charge is -2.14. The molecule has 0 fully saturated rings. The SMILES string of the molecule is CC(=O)c1nn(Cc2ccc(C)c(C)c2C)c2c1Cc1cc(C)c(C)cc1-2. The average Bonchev–Trinajstić information content (AvgIpc) is 3.13. The van der Waals surface area contributed by atoms with Crippen molar-refractivity contribution in [3.63, 3.8) is 0 Å². The first kappa shape index (κ1) is 17.7. The van der Waals surface area contributed by atoms with E-state index in [4.69, 9.17) is 5.10 Å². The van der Waals surface area contributed by atoms with Gasteiger partial charge in [0.1, 0.15) is 5.69 Å². The molecule has 1 aliphatic carbocycles. The van der Waals surface area contributed by atoms with Crippen LogP contribution in [0.5, 0.6) is 0 Å². The molecule has 0 aliphatic heterocycles. The standard InChI is InChI=1S/C24H26N2O/c1-13-7-8-19(17(5)16(13)4)12-26-24-21-10-15(3)14(2)9-20(21)11-22(24)23(25-26)18(6)27/h7-10H,11-12H2,1-6H3. The van der Waals surface area contributed by atoms with Crippen LogP contribution in [-0.2, 0) is 13.0 Å². The molecule has 0 saturated heterocycles. The largest absolute Gasteiger partial charge is 0.293 e. The summed E-state index contributed by atoms with van der Waals surface area (Å²) >= 11 is 0. The van der Waals surface area contributed by atoms with Gasteiger partial charge in [-0.2, -0.15) is 5.10 Å². The molecule has 0 radical (unpaired) electrons. The van der Waals surface area contributed by atoms with Crippen LogP contribution in [0.15, 0.2) is 24.3 Å². The number of carbonyl (C=O) groups is 1. The Bertz CT molecular complexity index is 1100. The number of fused-ring (bicyclic) bond motifs is 3. The zero-order valence-electron chi connectivity index (χ0n) is 17.0. The predicted molar refractivity (Wildman–Crippen MR) is 110 cm³/mol. The molecule has 0 N–H and O–H groups in total. The maximum atomic E-state index is 12.2. The van der Waals surface area contributed by atoms with Crippen LogP contribution in [0, 0.1) is 34.6 Å². The molecule has 0 bridgehead atoms. The summed E-state index contributed by atoms with van der Waals surface area (Å²) in [5, 5.41) is 4.74. The third-order valence-corrected chi connectivity index (χ3v) is 6.22. The highest BCUT2D eigenvalue weighted by atomic mass is 16.1. The molecule has 3 aromatic rings. The van der Waals surface area contributed by atoms with Crippen LogP contribution in [-0.4, -0.2) is 15.6 Å². The molecule has 0 unspecified atom stereocenters. The van der Waals surface area contributed by atoms with E-state index in [0.717, 1.165) is 17.7 Å². The van der Waals surface area contributed by atoms with Crippen molar-refractivity contribution in [3.8, 4) is 11.3 Å². The van der Waals surface area contributed by atoms with E-state index in [2.05, 4.69) is 58.9 Å². The minimum absolute atomic E-state index is 0.0445. The third kappa shape index (κ3) is 2.73. The average molecular weight is 358 g/mol. The number of carbonyl (C=O) groups excluding carboxylic acids is 1. The lowest BCUT2D eigenvalue weighted by atomic mass is 9.98. The molecule has 4 rings (SSSR count). The van der Waals surface area contributed by atoms with Gasteiger partial charge in [0.25, 0.3) is 0 Å². The highest BCUT2D eigenvalue weighted by Gasteiger charge is 2.29. The Morgan fingerprint density at radius 1 is 1.00 bits per heavy atom. The van der Waals surface area contributed by atoms with E-state index in [0.29, 0.717) is 12.2 Å². The topological polar surface area (TPSA) is 34.9 Å². The predicted octanol–water partition coefficient (Wildman–Crippen LogP) is 5.25. The van der Waals surface area contributed by atoms with Gasteiger partial charge in [-0.05, 0) is 79.6 Å². The Balaban J connectivity index is 1.89. The first-order valence-electron chi connectivity index (χ1n) is 9.54. The second kappa shape index (κ2) is 6.19. The Hall–Kier alpha value is -2.68. The normalized spacial score (nSPS) is 12.2. The Morgan fingerprint density at radius 3 is 2.41 bits per heavy atom. The summed E-state index contributed by atoms with van der Waals surface area (Å²) in [6, 6.07) is 8.89. The number of rotatable bonds is 3. The molecule has 1 heterocycles. The van der Waals surface area contributed by atoms with Gasteiger partial charge in [0, 0.05) is 24.5 Å². The molecular weight excluding hydrogens is 332 g/mol. The van der Waals surface area contributed by atoms with Gasteiger partial charge in [-0.25, -0.2) is 0 Å². The minimum atomic E-state index is 0.0445. The third-order valence-electron chi connectivity index (χ3n) is 6.22. The smallest absolute Gasteiger partial charge is 0.180 e. The van der Waals surface area contributed by atoms with Crippen LogP contribution in [0.1, 0.15) is 61.9 Å². The highest BCUT2D eigenvalue weighted by molar-refractivity contribution is 5.97.